The summed E-state index contributed by atoms with van der Waals surface area (Å²) in [5.41, 5.74) is 2.20. The number of thiazole rings is 1. The number of anilines is 1. The van der Waals surface area contributed by atoms with E-state index >= 15 is 0 Å². The number of para-hydroxylation sites is 1. The number of hydrogen-bond donors (Lipinski definition) is 0. The van der Waals surface area contributed by atoms with Crippen molar-refractivity contribution in [2.24, 2.45) is 0 Å². The van der Waals surface area contributed by atoms with Gasteiger partial charge in [-0.2, -0.15) is 0 Å². The van der Waals surface area contributed by atoms with Crippen molar-refractivity contribution in [2.45, 2.75) is 37.5 Å². The van der Waals surface area contributed by atoms with Gasteiger partial charge in [-0.15, -0.1) is 11.8 Å². The van der Waals surface area contributed by atoms with Crippen molar-refractivity contribution in [3.8, 4) is 5.75 Å². The van der Waals surface area contributed by atoms with Gasteiger partial charge in [-0.3, -0.25) is 14.7 Å². The van der Waals surface area contributed by atoms with Gasteiger partial charge in [-0.1, -0.05) is 37.3 Å². The SMILES string of the molecule is CCOc1cccc2sc(N(Cc3ccccn3)C(=O)c3ccc(SC(C)C)cc3)nc12. The van der Waals surface area contributed by atoms with Crippen molar-refractivity contribution in [3.05, 3.63) is 78.1 Å². The van der Waals surface area contributed by atoms with Gasteiger partial charge in [0.05, 0.1) is 23.5 Å². The summed E-state index contributed by atoms with van der Waals surface area (Å²) in [6, 6.07) is 19.3. The quantitative estimate of drug-likeness (QED) is 0.282. The van der Waals surface area contributed by atoms with Gasteiger partial charge >= 0.3 is 0 Å². The topological polar surface area (TPSA) is 55.3 Å². The Bertz CT molecular complexity index is 1190. The Labute approximate surface area is 196 Å². The van der Waals surface area contributed by atoms with Gasteiger partial charge in [0, 0.05) is 21.9 Å². The maximum Gasteiger partial charge on any atom is 0.260 e. The summed E-state index contributed by atoms with van der Waals surface area (Å²) in [6.07, 6.45) is 1.74. The van der Waals surface area contributed by atoms with Crippen molar-refractivity contribution in [1.82, 2.24) is 9.97 Å². The largest absolute Gasteiger partial charge is 0.492 e. The number of nitrogens with zero attached hydrogens (tertiary/aromatic N) is 3. The average molecular weight is 464 g/mol. The van der Waals surface area contributed by atoms with Gasteiger partial charge in [-0.25, -0.2) is 4.98 Å². The highest BCUT2D eigenvalue weighted by molar-refractivity contribution is 7.99. The minimum atomic E-state index is -0.103. The summed E-state index contributed by atoms with van der Waals surface area (Å²) in [6.45, 7) is 7.16. The molecular formula is C25H25N3O2S2. The fraction of sp³-hybridized carbons (Fsp3) is 0.240. The Kier molecular flexibility index (Phi) is 7.07. The van der Waals surface area contributed by atoms with Crippen molar-refractivity contribution in [3.63, 3.8) is 0 Å². The summed E-state index contributed by atoms with van der Waals surface area (Å²) in [7, 11) is 0. The van der Waals surface area contributed by atoms with Crippen molar-refractivity contribution in [2.75, 3.05) is 11.5 Å². The third-order valence-electron chi connectivity index (χ3n) is 4.67. The molecule has 4 rings (SSSR count). The molecule has 0 N–H and O–H groups in total. The molecule has 0 saturated carbocycles. The monoisotopic (exact) mass is 463 g/mol. The van der Waals surface area contributed by atoms with Crippen molar-refractivity contribution in [1.29, 1.82) is 0 Å². The highest BCUT2D eigenvalue weighted by Crippen LogP contribution is 2.35. The van der Waals surface area contributed by atoms with E-state index in [0.717, 1.165) is 26.6 Å². The molecule has 0 aliphatic carbocycles. The standard InChI is InChI=1S/C25H25N3O2S2/c1-4-30-21-9-7-10-22-23(21)27-25(32-22)28(16-19-8-5-6-15-26-19)24(29)18-11-13-20(14-12-18)31-17(2)3/h5-15,17H,4,16H2,1-3H3. The van der Waals surface area contributed by atoms with E-state index in [1.807, 2.05) is 67.6 Å². The van der Waals surface area contributed by atoms with Crippen LogP contribution in [0.3, 0.4) is 0 Å². The summed E-state index contributed by atoms with van der Waals surface area (Å²) in [4.78, 5) is 25.7. The number of amides is 1. The highest BCUT2D eigenvalue weighted by atomic mass is 32.2. The summed E-state index contributed by atoms with van der Waals surface area (Å²) < 4.78 is 6.73. The van der Waals surface area contributed by atoms with E-state index in [1.54, 1.807) is 22.9 Å². The molecule has 2 heterocycles. The van der Waals surface area contributed by atoms with Crippen LogP contribution in [0.25, 0.3) is 10.2 Å². The van der Waals surface area contributed by atoms with Crippen LogP contribution in [-0.2, 0) is 6.54 Å². The second-order valence-electron chi connectivity index (χ2n) is 7.44. The van der Waals surface area contributed by atoms with Gasteiger partial charge in [0.25, 0.3) is 5.91 Å². The molecular weight excluding hydrogens is 438 g/mol. The van der Waals surface area contributed by atoms with Crippen LogP contribution in [-0.4, -0.2) is 27.7 Å². The Hall–Kier alpha value is -2.90. The van der Waals surface area contributed by atoms with E-state index in [0.29, 0.717) is 29.1 Å². The van der Waals surface area contributed by atoms with E-state index in [2.05, 4.69) is 18.8 Å². The second kappa shape index (κ2) is 10.1. The Balaban J connectivity index is 1.71. The maximum absolute atomic E-state index is 13.6. The number of carbonyl (C=O) groups is 1. The molecule has 0 unspecified atom stereocenters. The predicted octanol–water partition coefficient (Wildman–Crippen LogP) is 6.44. The highest BCUT2D eigenvalue weighted by Gasteiger charge is 2.23. The third kappa shape index (κ3) is 5.11. The number of benzene rings is 2. The van der Waals surface area contributed by atoms with E-state index in [9.17, 15) is 4.79 Å². The Morgan fingerprint density at radius 1 is 1.09 bits per heavy atom. The number of hydrogen-bond acceptors (Lipinski definition) is 6. The lowest BCUT2D eigenvalue weighted by Crippen LogP contribution is -2.30. The molecule has 0 saturated heterocycles. The van der Waals surface area contributed by atoms with Crippen LogP contribution in [0.1, 0.15) is 36.8 Å². The smallest absolute Gasteiger partial charge is 0.260 e. The van der Waals surface area contributed by atoms with E-state index < -0.39 is 0 Å². The van der Waals surface area contributed by atoms with Gasteiger partial charge in [0.1, 0.15) is 11.3 Å². The van der Waals surface area contributed by atoms with E-state index in [4.69, 9.17) is 9.72 Å². The molecule has 4 aromatic rings. The maximum atomic E-state index is 13.6. The Morgan fingerprint density at radius 2 is 1.91 bits per heavy atom. The molecule has 0 fully saturated rings. The van der Waals surface area contributed by atoms with E-state index in [1.165, 1.54) is 11.3 Å². The van der Waals surface area contributed by atoms with Crippen LogP contribution in [0.5, 0.6) is 5.75 Å². The van der Waals surface area contributed by atoms with Crippen LogP contribution in [0, 0.1) is 0 Å². The summed E-state index contributed by atoms with van der Waals surface area (Å²) >= 11 is 3.26. The average Bonchev–Trinajstić information content (AvgIpc) is 3.23. The number of carbonyl (C=O) groups excluding carboxylic acids is 1. The normalized spacial score (nSPS) is 11.1. The number of rotatable bonds is 8. The molecule has 5 nitrogen and oxygen atoms in total. The lowest BCUT2D eigenvalue weighted by molar-refractivity contribution is 0.0984. The van der Waals surface area contributed by atoms with Gasteiger partial charge < -0.3 is 4.74 Å². The zero-order chi connectivity index (χ0) is 22.5. The molecule has 32 heavy (non-hydrogen) atoms. The molecule has 0 radical (unpaired) electrons. The fourth-order valence-corrected chi connectivity index (χ4v) is 5.10. The second-order valence-corrected chi connectivity index (χ2v) is 10.1. The fourth-order valence-electron chi connectivity index (χ4n) is 3.28. The minimum absolute atomic E-state index is 0.103. The van der Waals surface area contributed by atoms with Crippen LogP contribution in [0.15, 0.2) is 71.8 Å². The van der Waals surface area contributed by atoms with Crippen molar-refractivity contribution >= 4 is 44.4 Å². The molecule has 0 atom stereocenters. The number of aromatic nitrogens is 2. The first kappa shape index (κ1) is 22.3. The van der Waals surface area contributed by atoms with Gasteiger partial charge in [0.2, 0.25) is 0 Å². The number of fused-ring (bicyclic) bond motifs is 1. The molecule has 0 bridgehead atoms. The van der Waals surface area contributed by atoms with Crippen LogP contribution in [0.4, 0.5) is 5.13 Å². The number of thioether (sulfide) groups is 1. The summed E-state index contributed by atoms with van der Waals surface area (Å²) in [5.74, 6) is 0.626. The Morgan fingerprint density at radius 3 is 2.59 bits per heavy atom. The van der Waals surface area contributed by atoms with Crippen molar-refractivity contribution < 1.29 is 9.53 Å². The molecule has 2 aromatic heterocycles. The lowest BCUT2D eigenvalue weighted by Gasteiger charge is -2.20. The third-order valence-corrected chi connectivity index (χ3v) is 6.73. The zero-order valence-corrected chi connectivity index (χ0v) is 20.0. The first-order valence-corrected chi connectivity index (χ1v) is 12.3. The zero-order valence-electron chi connectivity index (χ0n) is 18.3. The minimum Gasteiger partial charge on any atom is -0.492 e. The number of pyridine rings is 1. The van der Waals surface area contributed by atoms with E-state index in [-0.39, 0.29) is 5.91 Å². The molecule has 0 spiro atoms. The first-order chi connectivity index (χ1) is 15.5. The van der Waals surface area contributed by atoms with Crippen LogP contribution >= 0.6 is 23.1 Å². The molecule has 164 valence electrons. The van der Waals surface area contributed by atoms with Crippen LogP contribution < -0.4 is 9.64 Å². The van der Waals surface area contributed by atoms with Gasteiger partial charge in [-0.05, 0) is 55.5 Å². The molecule has 0 aliphatic heterocycles. The predicted molar refractivity (Wildman–Crippen MR) is 133 cm³/mol. The lowest BCUT2D eigenvalue weighted by atomic mass is 10.2. The first-order valence-electron chi connectivity index (χ1n) is 10.6. The molecule has 1 amide bonds. The number of ether oxygens (including phenoxy) is 1. The molecule has 0 aliphatic rings. The summed E-state index contributed by atoms with van der Waals surface area (Å²) in [5, 5.41) is 1.11. The molecule has 2 aromatic carbocycles. The van der Waals surface area contributed by atoms with Gasteiger partial charge in [0.15, 0.2) is 5.13 Å². The van der Waals surface area contributed by atoms with Crippen LogP contribution in [0.2, 0.25) is 0 Å². The molecule has 7 heteroatoms.